The maximum absolute atomic E-state index is 10.6. The van der Waals surface area contributed by atoms with Gasteiger partial charge in [0.2, 0.25) is 0 Å². The van der Waals surface area contributed by atoms with E-state index < -0.39 is 17.9 Å². The van der Waals surface area contributed by atoms with Gasteiger partial charge in [0.25, 0.3) is 0 Å². The smallest absolute Gasteiger partial charge is 0.330 e. The second-order valence-corrected chi connectivity index (χ2v) is 2.60. The van der Waals surface area contributed by atoms with Crippen LogP contribution in [0, 0.1) is 5.92 Å². The van der Waals surface area contributed by atoms with E-state index in [2.05, 4.69) is 11.3 Å². The molecule has 0 aromatic carbocycles. The van der Waals surface area contributed by atoms with Crippen molar-refractivity contribution in [3.8, 4) is 0 Å². The van der Waals surface area contributed by atoms with Crippen LogP contribution in [-0.2, 0) is 14.3 Å². The molecule has 0 bridgehead atoms. The highest BCUT2D eigenvalue weighted by Crippen LogP contribution is 2.08. The second-order valence-electron chi connectivity index (χ2n) is 2.60. The molecule has 0 spiro atoms. The number of carboxylic acids is 1. The summed E-state index contributed by atoms with van der Waals surface area (Å²) in [6.45, 7) is 5.14. The quantitative estimate of drug-likeness (QED) is 0.500. The summed E-state index contributed by atoms with van der Waals surface area (Å²) in [6, 6.07) is 0. The number of carbonyl (C=O) groups is 2. The summed E-state index contributed by atoms with van der Waals surface area (Å²) in [6.07, 6.45) is 1.95. The van der Waals surface area contributed by atoms with E-state index >= 15 is 0 Å². The summed E-state index contributed by atoms with van der Waals surface area (Å²) in [5.41, 5.74) is 0. The minimum absolute atomic E-state index is 0.135. The van der Waals surface area contributed by atoms with E-state index in [1.807, 2.05) is 0 Å². The van der Waals surface area contributed by atoms with E-state index in [-0.39, 0.29) is 6.61 Å². The summed E-state index contributed by atoms with van der Waals surface area (Å²) in [7, 11) is 0. The van der Waals surface area contributed by atoms with Crippen molar-refractivity contribution in [2.45, 2.75) is 19.8 Å². The molecule has 0 amide bonds. The van der Waals surface area contributed by atoms with Crippen molar-refractivity contribution < 1.29 is 19.4 Å². The molecule has 4 nitrogen and oxygen atoms in total. The fourth-order valence-corrected chi connectivity index (χ4v) is 0.863. The van der Waals surface area contributed by atoms with E-state index in [0.717, 1.165) is 6.08 Å². The summed E-state index contributed by atoms with van der Waals surface area (Å²) < 4.78 is 4.65. The Balaban J connectivity index is 3.67. The maximum Gasteiger partial charge on any atom is 0.330 e. The van der Waals surface area contributed by atoms with Gasteiger partial charge in [-0.2, -0.15) is 0 Å². The van der Waals surface area contributed by atoms with Crippen molar-refractivity contribution in [3.63, 3.8) is 0 Å². The lowest BCUT2D eigenvalue weighted by molar-refractivity contribution is -0.145. The van der Waals surface area contributed by atoms with Crippen LogP contribution >= 0.6 is 0 Å². The molecule has 0 radical (unpaired) electrons. The Morgan fingerprint density at radius 1 is 1.62 bits per heavy atom. The van der Waals surface area contributed by atoms with Crippen molar-refractivity contribution >= 4 is 11.9 Å². The standard InChI is InChI=1S/C9H14O4/c1-3-7(9(11)12)5-6-13-8(10)4-2/h4,7H,2-3,5-6H2,1H3,(H,11,12). The molecule has 74 valence electrons. The molecule has 0 heterocycles. The molecule has 1 unspecified atom stereocenters. The Bertz CT molecular complexity index is 198. The number of hydrogen-bond acceptors (Lipinski definition) is 3. The van der Waals surface area contributed by atoms with E-state index in [4.69, 9.17) is 5.11 Å². The van der Waals surface area contributed by atoms with Crippen molar-refractivity contribution in [3.05, 3.63) is 12.7 Å². The third-order valence-electron chi connectivity index (χ3n) is 1.72. The number of ether oxygens (including phenoxy) is 1. The van der Waals surface area contributed by atoms with Crippen molar-refractivity contribution in [2.24, 2.45) is 5.92 Å². The number of esters is 1. The molecule has 0 aromatic rings. The highest BCUT2D eigenvalue weighted by Gasteiger charge is 2.14. The average Bonchev–Trinajstić information content (AvgIpc) is 2.11. The molecule has 0 rings (SSSR count). The Labute approximate surface area is 77.2 Å². The summed E-state index contributed by atoms with van der Waals surface area (Å²) in [5, 5.41) is 8.64. The van der Waals surface area contributed by atoms with Crippen LogP contribution in [0.5, 0.6) is 0 Å². The van der Waals surface area contributed by atoms with Gasteiger partial charge in [-0.1, -0.05) is 13.5 Å². The van der Waals surface area contributed by atoms with E-state index in [0.29, 0.717) is 12.8 Å². The third kappa shape index (κ3) is 5.00. The number of aliphatic carboxylic acids is 1. The SMILES string of the molecule is C=CC(=O)OCCC(CC)C(=O)O. The topological polar surface area (TPSA) is 63.6 Å². The molecular formula is C9H14O4. The van der Waals surface area contributed by atoms with E-state index in [9.17, 15) is 9.59 Å². The van der Waals surface area contributed by atoms with Gasteiger partial charge in [-0.25, -0.2) is 4.79 Å². The predicted octanol–water partition coefficient (Wildman–Crippen LogP) is 1.22. The van der Waals surface area contributed by atoms with Crippen LogP contribution in [0.15, 0.2) is 12.7 Å². The first kappa shape index (κ1) is 11.7. The first-order valence-electron chi connectivity index (χ1n) is 4.13. The minimum atomic E-state index is -0.850. The average molecular weight is 186 g/mol. The Morgan fingerprint density at radius 3 is 2.62 bits per heavy atom. The highest BCUT2D eigenvalue weighted by molar-refractivity contribution is 5.81. The summed E-state index contributed by atoms with van der Waals surface area (Å²) >= 11 is 0. The number of carboxylic acid groups (broad SMARTS) is 1. The summed E-state index contributed by atoms with van der Waals surface area (Å²) in [5.74, 6) is -1.80. The van der Waals surface area contributed by atoms with Crippen LogP contribution in [0.4, 0.5) is 0 Å². The van der Waals surface area contributed by atoms with Gasteiger partial charge in [-0.05, 0) is 12.8 Å². The van der Waals surface area contributed by atoms with Crippen LogP contribution in [0.1, 0.15) is 19.8 Å². The maximum atomic E-state index is 10.6. The van der Waals surface area contributed by atoms with Gasteiger partial charge in [0.05, 0.1) is 12.5 Å². The Kier molecular flexibility index (Phi) is 5.59. The molecule has 0 aliphatic rings. The molecule has 0 aliphatic carbocycles. The van der Waals surface area contributed by atoms with Gasteiger partial charge in [-0.15, -0.1) is 0 Å². The largest absolute Gasteiger partial charge is 0.481 e. The number of rotatable bonds is 6. The molecular weight excluding hydrogens is 172 g/mol. The summed E-state index contributed by atoms with van der Waals surface area (Å²) in [4.78, 5) is 21.1. The third-order valence-corrected chi connectivity index (χ3v) is 1.72. The normalized spacial score (nSPS) is 11.8. The first-order valence-corrected chi connectivity index (χ1v) is 4.13. The van der Waals surface area contributed by atoms with Gasteiger partial charge in [0.1, 0.15) is 0 Å². The van der Waals surface area contributed by atoms with Crippen LogP contribution in [-0.4, -0.2) is 23.7 Å². The van der Waals surface area contributed by atoms with E-state index in [1.54, 1.807) is 6.92 Å². The zero-order valence-corrected chi connectivity index (χ0v) is 7.66. The second kappa shape index (κ2) is 6.22. The number of carbonyl (C=O) groups excluding carboxylic acids is 1. The fraction of sp³-hybridized carbons (Fsp3) is 0.556. The van der Waals surface area contributed by atoms with Crippen molar-refractivity contribution in [1.82, 2.24) is 0 Å². The first-order chi connectivity index (χ1) is 6.11. The Hall–Kier alpha value is -1.32. The highest BCUT2D eigenvalue weighted by atomic mass is 16.5. The molecule has 0 saturated carbocycles. The Morgan fingerprint density at radius 2 is 2.23 bits per heavy atom. The van der Waals surface area contributed by atoms with Crippen molar-refractivity contribution in [2.75, 3.05) is 6.61 Å². The lowest BCUT2D eigenvalue weighted by Crippen LogP contribution is -2.16. The van der Waals surface area contributed by atoms with Gasteiger partial charge in [-0.3, -0.25) is 4.79 Å². The lowest BCUT2D eigenvalue weighted by Gasteiger charge is -2.08. The fourth-order valence-electron chi connectivity index (χ4n) is 0.863. The van der Waals surface area contributed by atoms with Crippen molar-refractivity contribution in [1.29, 1.82) is 0 Å². The van der Waals surface area contributed by atoms with Gasteiger partial charge >= 0.3 is 11.9 Å². The minimum Gasteiger partial charge on any atom is -0.481 e. The zero-order chi connectivity index (χ0) is 10.3. The molecule has 0 aromatic heterocycles. The molecule has 4 heteroatoms. The van der Waals surface area contributed by atoms with E-state index in [1.165, 1.54) is 0 Å². The molecule has 0 aliphatic heterocycles. The molecule has 1 atom stereocenters. The van der Waals surface area contributed by atoms with Crippen LogP contribution in [0.3, 0.4) is 0 Å². The van der Waals surface area contributed by atoms with Gasteiger partial charge in [0, 0.05) is 6.08 Å². The van der Waals surface area contributed by atoms with Crippen LogP contribution in [0.2, 0.25) is 0 Å². The van der Waals surface area contributed by atoms with Crippen LogP contribution in [0.25, 0.3) is 0 Å². The molecule has 0 saturated heterocycles. The molecule has 0 fully saturated rings. The molecule has 1 N–H and O–H groups in total. The molecule has 13 heavy (non-hydrogen) atoms. The predicted molar refractivity (Wildman–Crippen MR) is 47.2 cm³/mol. The van der Waals surface area contributed by atoms with Crippen LogP contribution < -0.4 is 0 Å². The van der Waals surface area contributed by atoms with Gasteiger partial charge < -0.3 is 9.84 Å². The van der Waals surface area contributed by atoms with Gasteiger partial charge in [0.15, 0.2) is 0 Å². The zero-order valence-electron chi connectivity index (χ0n) is 7.66. The monoisotopic (exact) mass is 186 g/mol. The lowest BCUT2D eigenvalue weighted by atomic mass is 10.0. The number of hydrogen-bond donors (Lipinski definition) is 1.